The van der Waals surface area contributed by atoms with Crippen molar-refractivity contribution in [1.82, 2.24) is 30.4 Å². The van der Waals surface area contributed by atoms with Crippen LogP contribution in [0.5, 0.6) is 0 Å². The smallest absolute Gasteiger partial charge is 0.191 e. The van der Waals surface area contributed by atoms with Crippen molar-refractivity contribution in [2.45, 2.75) is 39.3 Å². The molecule has 3 rings (SSSR count). The largest absolute Gasteiger partial charge is 0.357 e. The van der Waals surface area contributed by atoms with E-state index in [0.717, 1.165) is 56.6 Å². The molecule has 0 aromatic carbocycles. The summed E-state index contributed by atoms with van der Waals surface area (Å²) in [6, 6.07) is 4.04. The van der Waals surface area contributed by atoms with E-state index in [2.05, 4.69) is 44.6 Å². The molecule has 0 spiro atoms. The summed E-state index contributed by atoms with van der Waals surface area (Å²) in [6.45, 7) is 8.19. The van der Waals surface area contributed by atoms with Crippen LogP contribution in [0.25, 0.3) is 0 Å². The number of rotatable bonds is 7. The van der Waals surface area contributed by atoms with Crippen molar-refractivity contribution in [3.8, 4) is 0 Å². The topological polar surface area (TPSA) is 83.3 Å². The Bertz CT molecular complexity index is 759. The van der Waals surface area contributed by atoms with E-state index in [1.54, 1.807) is 12.5 Å². The Labute approximate surface area is 165 Å². The highest BCUT2D eigenvalue weighted by molar-refractivity contribution is 6.32. The molecule has 8 nitrogen and oxygen atoms in total. The number of hydrogen-bond donors (Lipinski definition) is 2. The summed E-state index contributed by atoms with van der Waals surface area (Å²) in [5.41, 5.74) is 0. The Hall–Kier alpha value is -2.35. The highest BCUT2D eigenvalue weighted by Crippen LogP contribution is 2.25. The molecule has 1 aliphatic heterocycles. The molecule has 9 heteroatoms. The summed E-state index contributed by atoms with van der Waals surface area (Å²) in [6.07, 6.45) is 5.43. The van der Waals surface area contributed by atoms with Crippen molar-refractivity contribution in [2.75, 3.05) is 31.1 Å². The molecule has 1 unspecified atom stereocenters. The molecule has 3 heterocycles. The minimum absolute atomic E-state index is 0.307. The van der Waals surface area contributed by atoms with Crippen molar-refractivity contribution >= 4 is 23.4 Å². The molecule has 1 saturated heterocycles. The number of anilines is 1. The van der Waals surface area contributed by atoms with Gasteiger partial charge in [-0.3, -0.25) is 4.99 Å². The first kappa shape index (κ1) is 19.4. The predicted octanol–water partition coefficient (Wildman–Crippen LogP) is 1.72. The van der Waals surface area contributed by atoms with Crippen LogP contribution in [0.15, 0.2) is 29.6 Å². The maximum absolute atomic E-state index is 6.28. The van der Waals surface area contributed by atoms with Crippen LogP contribution in [0.3, 0.4) is 0 Å². The molecule has 2 N–H and O–H groups in total. The molecule has 1 fully saturated rings. The Kier molecular flexibility index (Phi) is 6.86. The summed E-state index contributed by atoms with van der Waals surface area (Å²) in [5, 5.41) is 15.6. The van der Waals surface area contributed by atoms with Crippen LogP contribution in [-0.2, 0) is 13.0 Å². The third kappa shape index (κ3) is 5.09. The fourth-order valence-electron chi connectivity index (χ4n) is 3.20. The molecule has 2 aromatic heterocycles. The number of guanidine groups is 1. The van der Waals surface area contributed by atoms with Crippen LogP contribution < -0.4 is 15.5 Å². The highest BCUT2D eigenvalue weighted by Gasteiger charge is 2.25. The van der Waals surface area contributed by atoms with E-state index in [1.807, 2.05) is 16.7 Å². The van der Waals surface area contributed by atoms with Gasteiger partial charge < -0.3 is 20.1 Å². The van der Waals surface area contributed by atoms with E-state index in [9.17, 15) is 0 Å². The summed E-state index contributed by atoms with van der Waals surface area (Å²) in [7, 11) is 0. The van der Waals surface area contributed by atoms with E-state index in [-0.39, 0.29) is 0 Å². The Morgan fingerprint density at radius 2 is 2.30 bits per heavy atom. The van der Waals surface area contributed by atoms with Crippen LogP contribution >= 0.6 is 11.6 Å². The lowest BCUT2D eigenvalue weighted by atomic mass is 10.3. The molecule has 1 aliphatic rings. The normalized spacial score (nSPS) is 17.4. The molecule has 1 atom stereocenters. The summed E-state index contributed by atoms with van der Waals surface area (Å²) < 4.78 is 2.05. The van der Waals surface area contributed by atoms with Crippen molar-refractivity contribution in [1.29, 1.82) is 0 Å². The lowest BCUT2D eigenvalue weighted by molar-refractivity contribution is 0.634. The fourth-order valence-corrected chi connectivity index (χ4v) is 3.44. The van der Waals surface area contributed by atoms with E-state index in [4.69, 9.17) is 16.6 Å². The second-order valence-electron chi connectivity index (χ2n) is 6.44. The molecule has 0 aliphatic carbocycles. The van der Waals surface area contributed by atoms with Gasteiger partial charge in [0.15, 0.2) is 5.96 Å². The van der Waals surface area contributed by atoms with Gasteiger partial charge in [0.05, 0.1) is 11.6 Å². The summed E-state index contributed by atoms with van der Waals surface area (Å²) >= 11 is 6.28. The van der Waals surface area contributed by atoms with Crippen molar-refractivity contribution in [3.63, 3.8) is 0 Å². The third-order valence-electron chi connectivity index (χ3n) is 4.53. The maximum atomic E-state index is 6.28. The average molecular weight is 391 g/mol. The first-order chi connectivity index (χ1) is 13.2. The number of nitrogens with zero attached hydrogens (tertiary/aromatic N) is 6. The van der Waals surface area contributed by atoms with Crippen molar-refractivity contribution in [3.05, 3.63) is 35.5 Å². The second kappa shape index (κ2) is 9.55. The summed E-state index contributed by atoms with van der Waals surface area (Å²) in [4.78, 5) is 11.3. The maximum Gasteiger partial charge on any atom is 0.191 e. The molecule has 0 amide bonds. The molecule has 146 valence electrons. The molecule has 0 radical (unpaired) electrons. The quantitative estimate of drug-likeness (QED) is 0.553. The molecule has 0 saturated carbocycles. The zero-order valence-corrected chi connectivity index (χ0v) is 16.7. The van der Waals surface area contributed by atoms with Crippen LogP contribution in [0, 0.1) is 0 Å². The highest BCUT2D eigenvalue weighted by atomic mass is 35.5. The SMILES string of the molecule is CCNC(=NCCn1cnnc1CC)NC1CCN(c2ncccc2Cl)C1. The number of hydrogen-bond acceptors (Lipinski definition) is 5. The lowest BCUT2D eigenvalue weighted by Gasteiger charge is -2.20. The fraction of sp³-hybridized carbons (Fsp3) is 0.556. The van der Waals surface area contributed by atoms with Gasteiger partial charge in [0, 0.05) is 44.8 Å². The van der Waals surface area contributed by atoms with Crippen LogP contribution in [0.2, 0.25) is 5.02 Å². The van der Waals surface area contributed by atoms with Gasteiger partial charge in [-0.2, -0.15) is 0 Å². The number of aryl methyl sites for hydroxylation is 1. The Balaban J connectivity index is 1.55. The molecule has 0 bridgehead atoms. The standard InChI is InChI=1S/C18H27ClN8/c1-3-16-25-23-13-27(16)11-9-22-18(20-4-2)24-14-7-10-26(12-14)17-15(19)6-5-8-21-17/h5-6,8,13-14H,3-4,7,9-12H2,1-2H3,(H2,20,22,24). The van der Waals surface area contributed by atoms with Crippen LogP contribution in [0.4, 0.5) is 5.82 Å². The third-order valence-corrected chi connectivity index (χ3v) is 4.83. The first-order valence-corrected chi connectivity index (χ1v) is 9.86. The van der Waals surface area contributed by atoms with Crippen molar-refractivity contribution < 1.29 is 0 Å². The average Bonchev–Trinajstić information content (AvgIpc) is 3.31. The van der Waals surface area contributed by atoms with Crippen molar-refractivity contribution in [2.24, 2.45) is 4.99 Å². The van der Waals surface area contributed by atoms with E-state index in [0.29, 0.717) is 17.6 Å². The van der Waals surface area contributed by atoms with Crippen LogP contribution in [0.1, 0.15) is 26.1 Å². The van der Waals surface area contributed by atoms with Crippen LogP contribution in [-0.4, -0.2) is 57.9 Å². The van der Waals surface area contributed by atoms with Gasteiger partial charge in [-0.25, -0.2) is 4.98 Å². The monoisotopic (exact) mass is 390 g/mol. The zero-order chi connectivity index (χ0) is 19.1. The zero-order valence-electron chi connectivity index (χ0n) is 15.9. The minimum atomic E-state index is 0.307. The van der Waals surface area contributed by atoms with E-state index < -0.39 is 0 Å². The van der Waals surface area contributed by atoms with Gasteiger partial charge in [0.25, 0.3) is 0 Å². The van der Waals surface area contributed by atoms with Gasteiger partial charge in [-0.05, 0) is 25.5 Å². The second-order valence-corrected chi connectivity index (χ2v) is 6.85. The number of aromatic nitrogens is 4. The Morgan fingerprint density at radius 3 is 3.07 bits per heavy atom. The minimum Gasteiger partial charge on any atom is -0.357 e. The van der Waals surface area contributed by atoms with Gasteiger partial charge in [-0.1, -0.05) is 18.5 Å². The number of halogens is 1. The first-order valence-electron chi connectivity index (χ1n) is 9.48. The number of nitrogens with one attached hydrogen (secondary N) is 2. The molecule has 27 heavy (non-hydrogen) atoms. The molecular weight excluding hydrogens is 364 g/mol. The Morgan fingerprint density at radius 1 is 1.41 bits per heavy atom. The predicted molar refractivity (Wildman–Crippen MR) is 108 cm³/mol. The van der Waals surface area contributed by atoms with Gasteiger partial charge in [-0.15, -0.1) is 10.2 Å². The van der Waals surface area contributed by atoms with E-state index in [1.165, 1.54) is 0 Å². The number of aliphatic imine (C=N–C) groups is 1. The lowest BCUT2D eigenvalue weighted by Crippen LogP contribution is -2.44. The van der Waals surface area contributed by atoms with Gasteiger partial charge >= 0.3 is 0 Å². The molecular formula is C18H27ClN8. The van der Waals surface area contributed by atoms with E-state index >= 15 is 0 Å². The number of pyridine rings is 1. The summed E-state index contributed by atoms with van der Waals surface area (Å²) in [5.74, 6) is 2.68. The van der Waals surface area contributed by atoms with Gasteiger partial charge in [0.2, 0.25) is 0 Å². The van der Waals surface area contributed by atoms with Gasteiger partial charge in [0.1, 0.15) is 18.0 Å². The molecule has 2 aromatic rings.